The predicted molar refractivity (Wildman–Crippen MR) is 74.7 cm³/mol. The first-order valence-electron chi connectivity index (χ1n) is 6.94. The van der Waals surface area contributed by atoms with E-state index in [0.29, 0.717) is 26.2 Å². The smallest absolute Gasteiger partial charge is 0.215 e. The Kier molecular flexibility index (Phi) is 4.84. The lowest BCUT2D eigenvalue weighted by Crippen LogP contribution is -2.52. The fourth-order valence-electron chi connectivity index (χ4n) is 2.52. The standard InChI is InChI=1S/C12H25N3O3S/c1-12(2)11-15(7-9-18-12)19(16,17)10-8-14-5-3-13-4-6-14/h13H,3-11H2,1-2H3. The van der Waals surface area contributed by atoms with Crippen molar-refractivity contribution in [2.45, 2.75) is 19.4 Å². The molecule has 0 bridgehead atoms. The molecule has 0 aromatic rings. The summed E-state index contributed by atoms with van der Waals surface area (Å²) in [5, 5.41) is 3.27. The molecular weight excluding hydrogens is 266 g/mol. The van der Waals surface area contributed by atoms with Crippen LogP contribution in [0.25, 0.3) is 0 Å². The van der Waals surface area contributed by atoms with Crippen LogP contribution in [0.3, 0.4) is 0 Å². The monoisotopic (exact) mass is 291 g/mol. The van der Waals surface area contributed by atoms with E-state index in [2.05, 4.69) is 10.2 Å². The van der Waals surface area contributed by atoms with Gasteiger partial charge in [-0.15, -0.1) is 0 Å². The van der Waals surface area contributed by atoms with Gasteiger partial charge >= 0.3 is 0 Å². The summed E-state index contributed by atoms with van der Waals surface area (Å²) in [5.41, 5.74) is -0.375. The fourth-order valence-corrected chi connectivity index (χ4v) is 4.13. The predicted octanol–water partition coefficient (Wildman–Crippen LogP) is -0.668. The van der Waals surface area contributed by atoms with Crippen LogP contribution in [-0.2, 0) is 14.8 Å². The highest BCUT2D eigenvalue weighted by Crippen LogP contribution is 2.19. The van der Waals surface area contributed by atoms with Gasteiger partial charge in [-0.25, -0.2) is 8.42 Å². The van der Waals surface area contributed by atoms with Crippen LogP contribution < -0.4 is 5.32 Å². The first-order chi connectivity index (χ1) is 8.89. The third-order valence-corrected chi connectivity index (χ3v) is 5.46. The van der Waals surface area contributed by atoms with E-state index in [9.17, 15) is 8.42 Å². The van der Waals surface area contributed by atoms with E-state index < -0.39 is 10.0 Å². The topological polar surface area (TPSA) is 61.9 Å². The lowest BCUT2D eigenvalue weighted by atomic mass is 10.1. The van der Waals surface area contributed by atoms with Crippen LogP contribution >= 0.6 is 0 Å². The van der Waals surface area contributed by atoms with Gasteiger partial charge in [-0.05, 0) is 13.8 Å². The van der Waals surface area contributed by atoms with Crippen LogP contribution in [0.5, 0.6) is 0 Å². The van der Waals surface area contributed by atoms with E-state index in [0.717, 1.165) is 26.2 Å². The lowest BCUT2D eigenvalue weighted by molar-refractivity contribution is -0.0640. The van der Waals surface area contributed by atoms with Gasteiger partial charge in [0, 0.05) is 45.8 Å². The molecule has 19 heavy (non-hydrogen) atoms. The molecule has 2 heterocycles. The van der Waals surface area contributed by atoms with Gasteiger partial charge in [0.1, 0.15) is 0 Å². The Morgan fingerprint density at radius 2 is 1.89 bits per heavy atom. The average molecular weight is 291 g/mol. The zero-order chi connectivity index (χ0) is 13.9. The number of morpholine rings is 1. The Bertz CT molecular complexity index is 391. The minimum Gasteiger partial charge on any atom is -0.373 e. The Balaban J connectivity index is 1.87. The van der Waals surface area contributed by atoms with E-state index >= 15 is 0 Å². The second-order valence-corrected chi connectivity index (χ2v) is 7.94. The van der Waals surface area contributed by atoms with Gasteiger partial charge in [0.25, 0.3) is 0 Å². The van der Waals surface area contributed by atoms with E-state index in [1.165, 1.54) is 0 Å². The van der Waals surface area contributed by atoms with Crippen molar-refractivity contribution in [2.24, 2.45) is 0 Å². The number of rotatable bonds is 4. The largest absolute Gasteiger partial charge is 0.373 e. The lowest BCUT2D eigenvalue weighted by Gasteiger charge is -2.37. The van der Waals surface area contributed by atoms with E-state index in [-0.39, 0.29) is 11.4 Å². The average Bonchev–Trinajstić information content (AvgIpc) is 2.37. The van der Waals surface area contributed by atoms with E-state index in [4.69, 9.17) is 4.74 Å². The molecule has 0 aliphatic carbocycles. The van der Waals surface area contributed by atoms with Crippen molar-refractivity contribution in [3.63, 3.8) is 0 Å². The minimum absolute atomic E-state index is 0.211. The molecule has 2 saturated heterocycles. The maximum atomic E-state index is 12.3. The molecule has 0 aromatic heterocycles. The van der Waals surface area contributed by atoms with Crippen LogP contribution in [0.1, 0.15) is 13.8 Å². The maximum absolute atomic E-state index is 12.3. The molecule has 112 valence electrons. The molecule has 6 nitrogen and oxygen atoms in total. The van der Waals surface area contributed by atoms with Crippen LogP contribution in [0.15, 0.2) is 0 Å². The summed E-state index contributed by atoms with van der Waals surface area (Å²) in [7, 11) is -3.16. The molecule has 0 atom stereocenters. The molecule has 0 amide bonds. The van der Waals surface area contributed by atoms with E-state index in [1.807, 2.05) is 13.8 Å². The van der Waals surface area contributed by atoms with Crippen molar-refractivity contribution in [3.05, 3.63) is 0 Å². The number of nitrogens with one attached hydrogen (secondary N) is 1. The van der Waals surface area contributed by atoms with Gasteiger partial charge in [0.15, 0.2) is 0 Å². The molecule has 1 N–H and O–H groups in total. The molecule has 2 rings (SSSR count). The first kappa shape index (κ1) is 15.2. The molecular formula is C12H25N3O3S. The number of hydrogen-bond donors (Lipinski definition) is 1. The van der Waals surface area contributed by atoms with Gasteiger partial charge in [0.05, 0.1) is 18.0 Å². The summed E-state index contributed by atoms with van der Waals surface area (Å²) in [6.45, 7) is 9.69. The quantitative estimate of drug-likeness (QED) is 0.744. The molecule has 0 saturated carbocycles. The highest BCUT2D eigenvalue weighted by molar-refractivity contribution is 7.89. The number of ether oxygens (including phenoxy) is 1. The number of nitrogens with zero attached hydrogens (tertiary/aromatic N) is 2. The van der Waals surface area contributed by atoms with Crippen molar-refractivity contribution in [1.82, 2.24) is 14.5 Å². The summed E-state index contributed by atoms with van der Waals surface area (Å²) in [6, 6.07) is 0. The first-order valence-corrected chi connectivity index (χ1v) is 8.55. The molecule has 7 heteroatoms. The van der Waals surface area contributed by atoms with Crippen molar-refractivity contribution >= 4 is 10.0 Å². The van der Waals surface area contributed by atoms with E-state index in [1.54, 1.807) is 4.31 Å². The summed E-state index contributed by atoms with van der Waals surface area (Å²) < 4.78 is 31.8. The van der Waals surface area contributed by atoms with Gasteiger partial charge in [-0.3, -0.25) is 4.90 Å². The molecule has 0 unspecified atom stereocenters. The van der Waals surface area contributed by atoms with Gasteiger partial charge < -0.3 is 10.1 Å². The second kappa shape index (κ2) is 6.05. The molecule has 2 aliphatic rings. The summed E-state index contributed by atoms with van der Waals surface area (Å²) in [5.74, 6) is 0.211. The highest BCUT2D eigenvalue weighted by Gasteiger charge is 2.33. The zero-order valence-corrected chi connectivity index (χ0v) is 12.7. The third-order valence-electron chi connectivity index (χ3n) is 3.66. The van der Waals surface area contributed by atoms with Gasteiger partial charge in [-0.2, -0.15) is 4.31 Å². The number of piperazine rings is 1. The molecule has 0 spiro atoms. The van der Waals surface area contributed by atoms with Gasteiger partial charge in [0.2, 0.25) is 10.0 Å². The maximum Gasteiger partial charge on any atom is 0.215 e. The molecule has 0 radical (unpaired) electrons. The number of hydrogen-bond acceptors (Lipinski definition) is 5. The third kappa shape index (κ3) is 4.39. The normalized spacial score (nSPS) is 26.4. The SMILES string of the molecule is CC1(C)CN(S(=O)(=O)CCN2CCNCC2)CCO1. The Labute approximate surface area is 116 Å². The van der Waals surface area contributed by atoms with Crippen LogP contribution in [0, 0.1) is 0 Å². The highest BCUT2D eigenvalue weighted by atomic mass is 32.2. The fraction of sp³-hybridized carbons (Fsp3) is 1.00. The van der Waals surface area contributed by atoms with Gasteiger partial charge in [-0.1, -0.05) is 0 Å². The number of sulfonamides is 1. The molecule has 2 fully saturated rings. The Hall–Kier alpha value is -0.210. The Morgan fingerprint density at radius 1 is 1.21 bits per heavy atom. The van der Waals surface area contributed by atoms with Crippen molar-refractivity contribution in [2.75, 3.05) is 58.2 Å². The van der Waals surface area contributed by atoms with Crippen LogP contribution in [0.4, 0.5) is 0 Å². The summed E-state index contributed by atoms with van der Waals surface area (Å²) >= 11 is 0. The van der Waals surface area contributed by atoms with Crippen molar-refractivity contribution < 1.29 is 13.2 Å². The minimum atomic E-state index is -3.16. The summed E-state index contributed by atoms with van der Waals surface area (Å²) in [6.07, 6.45) is 0. The van der Waals surface area contributed by atoms with Crippen molar-refractivity contribution in [3.8, 4) is 0 Å². The zero-order valence-electron chi connectivity index (χ0n) is 11.9. The summed E-state index contributed by atoms with van der Waals surface area (Å²) in [4.78, 5) is 2.21. The molecule has 2 aliphatic heterocycles. The van der Waals surface area contributed by atoms with Crippen LogP contribution in [0.2, 0.25) is 0 Å². The molecule has 0 aromatic carbocycles. The van der Waals surface area contributed by atoms with Crippen LogP contribution in [-0.4, -0.2) is 81.4 Å². The van der Waals surface area contributed by atoms with Crippen molar-refractivity contribution in [1.29, 1.82) is 0 Å². The Morgan fingerprint density at radius 3 is 2.53 bits per heavy atom. The second-order valence-electron chi connectivity index (χ2n) is 5.85.